The van der Waals surface area contributed by atoms with E-state index in [0.29, 0.717) is 34.0 Å². The van der Waals surface area contributed by atoms with Crippen molar-refractivity contribution in [3.63, 3.8) is 0 Å². The molecule has 10 atom stereocenters. The van der Waals surface area contributed by atoms with Crippen LogP contribution in [0.5, 0.6) is 0 Å². The standard InChI is InChI=1S/C66H96N26O10/c1-34(86-61(101)51(29-38-32-82-45-19-8-5-15-41(38)45)92-57(97)43(67)17-10-24-77-63(69)70)54(94)87-49(23-13-27-80-66(75)76)60(100)88-47(21-11-25-78-64(71)72)58(98)85-36(3)56(96)91-52(30-39-33-83-46-20-9-6-16-42(39)46)62(102)89-48(22-12-26-79-65(73)74)59(99)84-35(2)55(95)90-50(53(68)93)28-37-31-81-44-18-7-4-14-40(37)44/h4-9,14-16,18-20,31-36,43,47-52,81-83H,10-13,17,21-30,67H2,1-3H3,(H2,68,93)(H,84,99)(H,85,98)(H,86,101)(H,87,94)(H,88,100)(H,89,102)(H,90,95)(H,91,96)(H,92,97)(H4,69,70,77)(H4,71,72,78)(H4,73,74,79)(H4,75,76,80)/t34-,35-,36-,43-,47-,48-,49-,50-,51-,52-/m0/s1. The van der Waals surface area contributed by atoms with E-state index in [1.165, 1.54) is 20.8 Å². The van der Waals surface area contributed by atoms with Crippen LogP contribution < -0.4 is 104 Å². The van der Waals surface area contributed by atoms with Gasteiger partial charge in [-0.1, -0.05) is 54.6 Å². The zero-order valence-corrected chi connectivity index (χ0v) is 57.1. The minimum Gasteiger partial charge on any atom is -0.370 e. The summed E-state index contributed by atoms with van der Waals surface area (Å²) in [6.07, 6.45) is 5.41. The highest BCUT2D eigenvalue weighted by Crippen LogP contribution is 2.23. The van der Waals surface area contributed by atoms with Gasteiger partial charge in [0.1, 0.15) is 54.4 Å². The van der Waals surface area contributed by atoms with Crippen molar-refractivity contribution in [3.05, 3.63) is 108 Å². The fourth-order valence-electron chi connectivity index (χ4n) is 11.1. The maximum atomic E-state index is 14.8. The SMILES string of the molecule is C[C@H](NC(=O)[C@H](CCCNC(=N)N)NC(=O)[C@H](Cc1c[nH]c2ccccc12)NC(=O)[C@H](C)NC(=O)[C@H](CCCNC(=N)N)NC(=O)[C@H](CCCNC(=N)N)NC(=O)[C@H](C)NC(=O)[C@H](Cc1c[nH]c2ccccc12)NC(=O)[C@@H](N)CCCNC(=N)N)C(=O)N[C@@H](Cc1c[nH]c2ccccc12)C(N)=O. The molecule has 32 N–H and O–H groups in total. The molecule has 36 heteroatoms. The van der Waals surface area contributed by atoms with Crippen molar-refractivity contribution in [2.45, 2.75) is 152 Å². The number of H-pyrrole nitrogens is 3. The Hall–Kier alpha value is -12.0. The van der Waals surface area contributed by atoms with Gasteiger partial charge in [0.05, 0.1) is 6.04 Å². The highest BCUT2D eigenvalue weighted by atomic mass is 16.2. The van der Waals surface area contributed by atoms with Gasteiger partial charge < -0.3 is 118 Å². The first kappa shape index (κ1) is 79.0. The summed E-state index contributed by atoms with van der Waals surface area (Å²) >= 11 is 0. The average molecular weight is 1410 g/mol. The number of para-hydroxylation sites is 3. The number of nitrogens with two attached hydrogens (primary N) is 6. The molecule has 36 nitrogen and oxygen atoms in total. The molecule has 0 aliphatic carbocycles. The van der Waals surface area contributed by atoms with Crippen molar-refractivity contribution in [2.24, 2.45) is 34.4 Å². The van der Waals surface area contributed by atoms with Crippen LogP contribution in [0.1, 0.15) is 88.8 Å². The normalized spacial score (nSPS) is 14.0. The van der Waals surface area contributed by atoms with Gasteiger partial charge in [-0.3, -0.25) is 69.6 Å². The van der Waals surface area contributed by atoms with E-state index in [1.54, 1.807) is 48.9 Å². The lowest BCUT2D eigenvalue weighted by Crippen LogP contribution is -2.60. The smallest absolute Gasteiger partial charge is 0.243 e. The molecule has 0 unspecified atom stereocenters. The number of carbonyl (C=O) groups excluding carboxylic acids is 10. The summed E-state index contributed by atoms with van der Waals surface area (Å²) in [4.78, 5) is 150. The van der Waals surface area contributed by atoms with Crippen LogP contribution in [0, 0.1) is 21.6 Å². The van der Waals surface area contributed by atoms with Crippen molar-refractivity contribution in [2.75, 3.05) is 26.2 Å². The van der Waals surface area contributed by atoms with E-state index >= 15 is 0 Å². The van der Waals surface area contributed by atoms with Crippen molar-refractivity contribution in [3.8, 4) is 0 Å². The summed E-state index contributed by atoms with van der Waals surface area (Å²) in [5.74, 6) is -9.67. The fourth-order valence-corrected chi connectivity index (χ4v) is 11.1. The first-order valence-corrected chi connectivity index (χ1v) is 33.3. The number of fused-ring (bicyclic) bond motifs is 3. The Bertz CT molecular complexity index is 3960. The van der Waals surface area contributed by atoms with Gasteiger partial charge in [0, 0.05) is 96.7 Å². The van der Waals surface area contributed by atoms with Gasteiger partial charge in [-0.2, -0.15) is 0 Å². The van der Waals surface area contributed by atoms with Crippen LogP contribution in [0.15, 0.2) is 91.4 Å². The third-order valence-corrected chi connectivity index (χ3v) is 16.7. The highest BCUT2D eigenvalue weighted by Gasteiger charge is 2.35. The number of hydrogen-bond donors (Lipinski definition) is 26. The largest absolute Gasteiger partial charge is 0.370 e. The summed E-state index contributed by atoms with van der Waals surface area (Å²) in [6.45, 7) is 4.52. The van der Waals surface area contributed by atoms with E-state index in [9.17, 15) is 47.9 Å². The molecule has 0 fully saturated rings. The van der Waals surface area contributed by atoms with Crippen LogP contribution >= 0.6 is 0 Å². The minimum absolute atomic E-state index is 0.0249. The average Bonchev–Trinajstić information content (AvgIpc) is 1.66. The molecule has 0 bridgehead atoms. The fraction of sp³-hybridized carbons (Fsp3) is 0.424. The Morgan fingerprint density at radius 1 is 0.343 bits per heavy atom. The third kappa shape index (κ3) is 24.8. The van der Waals surface area contributed by atoms with Crippen molar-refractivity contribution < 1.29 is 47.9 Å². The van der Waals surface area contributed by atoms with Crippen LogP contribution in [-0.2, 0) is 67.2 Å². The molecule has 0 aliphatic heterocycles. The molecule has 0 saturated heterocycles. The van der Waals surface area contributed by atoms with Gasteiger partial charge in [0.2, 0.25) is 59.1 Å². The lowest BCUT2D eigenvalue weighted by Gasteiger charge is -2.27. The van der Waals surface area contributed by atoms with Gasteiger partial charge in [-0.25, -0.2) is 0 Å². The number of aromatic nitrogens is 3. The first-order valence-electron chi connectivity index (χ1n) is 33.3. The van der Waals surface area contributed by atoms with E-state index in [0.717, 1.165) is 21.8 Å². The second-order valence-electron chi connectivity index (χ2n) is 24.7. The second-order valence-corrected chi connectivity index (χ2v) is 24.7. The van der Waals surface area contributed by atoms with Gasteiger partial charge in [-0.15, -0.1) is 0 Å². The molecule has 0 aliphatic rings. The van der Waals surface area contributed by atoms with E-state index in [1.807, 2.05) is 42.5 Å². The number of carbonyl (C=O) groups is 10. The number of hydrogen-bond acceptors (Lipinski definition) is 15. The second kappa shape index (κ2) is 39.0. The maximum absolute atomic E-state index is 14.8. The summed E-state index contributed by atoms with van der Waals surface area (Å²) < 4.78 is 0. The summed E-state index contributed by atoms with van der Waals surface area (Å²) in [6, 6.07) is 8.43. The van der Waals surface area contributed by atoms with Crippen molar-refractivity contribution in [1.29, 1.82) is 21.6 Å². The predicted molar refractivity (Wildman–Crippen MR) is 384 cm³/mol. The molecule has 0 radical (unpaired) electrons. The molecule has 6 aromatic rings. The molecule has 10 amide bonds. The summed E-state index contributed by atoms with van der Waals surface area (Å²) in [7, 11) is 0. The number of nitrogens with one attached hydrogen (secondary N) is 20. The lowest BCUT2D eigenvalue weighted by atomic mass is 10.0. The van der Waals surface area contributed by atoms with Crippen LogP contribution in [0.4, 0.5) is 0 Å². The van der Waals surface area contributed by atoms with Crippen LogP contribution in [0.25, 0.3) is 32.7 Å². The number of aromatic amines is 3. The van der Waals surface area contributed by atoms with Crippen LogP contribution in [0.3, 0.4) is 0 Å². The number of benzene rings is 3. The monoisotopic (exact) mass is 1410 g/mol. The van der Waals surface area contributed by atoms with Crippen LogP contribution in [0.2, 0.25) is 0 Å². The number of amides is 10. The Morgan fingerprint density at radius 3 is 0.931 bits per heavy atom. The molecule has 3 heterocycles. The number of rotatable bonds is 41. The van der Waals surface area contributed by atoms with Crippen molar-refractivity contribution in [1.82, 2.24) is 84.1 Å². The van der Waals surface area contributed by atoms with Gasteiger partial charge in [-0.05, 0) is 107 Å². The zero-order chi connectivity index (χ0) is 74.6. The number of guanidine groups is 4. The molecular formula is C66H96N26O10. The van der Waals surface area contributed by atoms with Gasteiger partial charge in [0.15, 0.2) is 23.8 Å². The molecule has 0 saturated carbocycles. The molecule has 550 valence electrons. The molecule has 102 heavy (non-hydrogen) atoms. The first-order chi connectivity index (χ1) is 48.6. The Labute approximate surface area is 587 Å². The van der Waals surface area contributed by atoms with E-state index in [4.69, 9.17) is 56.0 Å². The molecule has 3 aromatic carbocycles. The molecular weight excluding hydrogens is 1320 g/mol. The van der Waals surface area contributed by atoms with Crippen molar-refractivity contribution >= 4 is 116 Å². The minimum atomic E-state index is -1.47. The topological polar surface area (TPSA) is 626 Å². The molecule has 0 spiro atoms. The number of primary amides is 1. The Kier molecular flexibility index (Phi) is 30.2. The third-order valence-electron chi connectivity index (χ3n) is 16.7. The van der Waals surface area contributed by atoms with E-state index < -0.39 is 119 Å². The lowest BCUT2D eigenvalue weighted by molar-refractivity contribution is -0.136. The molecule has 3 aromatic heterocycles. The van der Waals surface area contributed by atoms with Gasteiger partial charge in [0.25, 0.3) is 0 Å². The summed E-state index contributed by atoms with van der Waals surface area (Å²) in [5, 5.41) is 67.1. The molecule has 6 rings (SSSR count). The quantitative estimate of drug-likeness (QED) is 0.0100. The Balaban J connectivity index is 1.18. The van der Waals surface area contributed by atoms with E-state index in [-0.39, 0.29) is 114 Å². The predicted octanol–water partition coefficient (Wildman–Crippen LogP) is -3.55. The van der Waals surface area contributed by atoms with E-state index in [2.05, 4.69) is 84.1 Å². The van der Waals surface area contributed by atoms with Crippen LogP contribution in [-0.4, -0.2) is 184 Å². The maximum Gasteiger partial charge on any atom is 0.243 e. The summed E-state index contributed by atoms with van der Waals surface area (Å²) in [5.41, 5.74) is 38.2. The highest BCUT2D eigenvalue weighted by molar-refractivity contribution is 6.00. The Morgan fingerprint density at radius 2 is 0.598 bits per heavy atom. The van der Waals surface area contributed by atoms with Gasteiger partial charge >= 0.3 is 0 Å². The zero-order valence-electron chi connectivity index (χ0n) is 57.1.